The Kier molecular flexibility index (Phi) is 4.73. The maximum absolute atomic E-state index is 14.9. The van der Waals surface area contributed by atoms with Gasteiger partial charge >= 0.3 is 0 Å². The van der Waals surface area contributed by atoms with E-state index in [-0.39, 0.29) is 23.9 Å². The zero-order valence-corrected chi connectivity index (χ0v) is 16.4. The van der Waals surface area contributed by atoms with E-state index >= 15 is 0 Å². The van der Waals surface area contributed by atoms with Crippen molar-refractivity contribution in [3.8, 4) is 0 Å². The Labute approximate surface area is 171 Å². The van der Waals surface area contributed by atoms with Crippen LogP contribution in [0, 0.1) is 5.82 Å². The van der Waals surface area contributed by atoms with E-state index in [0.29, 0.717) is 12.8 Å². The highest BCUT2D eigenvalue weighted by Crippen LogP contribution is 2.50. The third-order valence-corrected chi connectivity index (χ3v) is 6.75. The third kappa shape index (κ3) is 3.29. The average Bonchev–Trinajstić information content (AvgIpc) is 3.02. The van der Waals surface area contributed by atoms with Gasteiger partial charge in [-0.15, -0.1) is 0 Å². The highest BCUT2D eigenvalue weighted by Gasteiger charge is 2.50. The van der Waals surface area contributed by atoms with Gasteiger partial charge in [0.2, 0.25) is 0 Å². The van der Waals surface area contributed by atoms with E-state index in [0.717, 1.165) is 29.5 Å². The zero-order chi connectivity index (χ0) is 19.8. The minimum absolute atomic E-state index is 0.129. The molecule has 2 aliphatic heterocycles. The Morgan fingerprint density at radius 1 is 0.793 bits per heavy atom. The van der Waals surface area contributed by atoms with Gasteiger partial charge in [0.15, 0.2) is 0 Å². The Balaban J connectivity index is 1.54. The topological polar surface area (TPSA) is 23.5 Å². The lowest BCUT2D eigenvalue weighted by atomic mass is 9.79. The molecule has 0 saturated carbocycles. The first kappa shape index (κ1) is 18.5. The molecule has 0 radical (unpaired) electrons. The minimum atomic E-state index is -0.805. The molecule has 2 nitrogen and oxygen atoms in total. The Morgan fingerprint density at radius 2 is 1.34 bits per heavy atom. The van der Waals surface area contributed by atoms with Gasteiger partial charge in [0.05, 0.1) is 11.6 Å². The van der Waals surface area contributed by atoms with Gasteiger partial charge in [-0.05, 0) is 42.9 Å². The van der Waals surface area contributed by atoms with Crippen molar-refractivity contribution in [1.29, 1.82) is 0 Å². The fraction of sp³-hybridized carbons (Fsp3) is 0.308. The molecule has 5 rings (SSSR count). The molecular weight excluding hydrogens is 361 g/mol. The number of fused-ring (bicyclic) bond motifs is 2. The van der Waals surface area contributed by atoms with E-state index < -0.39 is 5.60 Å². The molecule has 2 bridgehead atoms. The molecule has 3 aromatic rings. The predicted molar refractivity (Wildman–Crippen MR) is 113 cm³/mol. The van der Waals surface area contributed by atoms with Crippen LogP contribution in [0.15, 0.2) is 84.9 Å². The first-order chi connectivity index (χ1) is 14.2. The highest BCUT2D eigenvalue weighted by molar-refractivity contribution is 5.35. The lowest BCUT2D eigenvalue weighted by molar-refractivity contribution is -0.0660. The van der Waals surface area contributed by atoms with E-state index in [2.05, 4.69) is 17.0 Å². The summed E-state index contributed by atoms with van der Waals surface area (Å²) >= 11 is 0. The molecule has 2 saturated heterocycles. The van der Waals surface area contributed by atoms with Gasteiger partial charge in [0, 0.05) is 17.6 Å². The number of halogens is 1. The van der Waals surface area contributed by atoms with Crippen molar-refractivity contribution in [3.05, 3.63) is 107 Å². The first-order valence-corrected chi connectivity index (χ1v) is 10.5. The van der Waals surface area contributed by atoms with Crippen LogP contribution in [0.25, 0.3) is 0 Å². The summed E-state index contributed by atoms with van der Waals surface area (Å²) in [6, 6.07) is 27.7. The highest BCUT2D eigenvalue weighted by atomic mass is 19.1. The molecule has 3 aromatic carbocycles. The van der Waals surface area contributed by atoms with E-state index in [1.54, 1.807) is 12.1 Å². The number of hydrogen-bond acceptors (Lipinski definition) is 2. The van der Waals surface area contributed by atoms with E-state index in [1.807, 2.05) is 60.7 Å². The maximum atomic E-state index is 14.9. The lowest BCUT2D eigenvalue weighted by Gasteiger charge is -2.47. The van der Waals surface area contributed by atoms with Crippen molar-refractivity contribution in [3.63, 3.8) is 0 Å². The van der Waals surface area contributed by atoms with Crippen LogP contribution in [-0.4, -0.2) is 22.1 Å². The SMILES string of the molecule is OC1(c2ccccc2)CC2CCC(C1)N2C(c1ccccc1)c1ccccc1F. The number of nitrogens with zero attached hydrogens (tertiary/aromatic N) is 1. The molecule has 2 heterocycles. The van der Waals surface area contributed by atoms with Gasteiger partial charge < -0.3 is 5.11 Å². The summed E-state index contributed by atoms with van der Waals surface area (Å²) in [7, 11) is 0. The van der Waals surface area contributed by atoms with Crippen LogP contribution >= 0.6 is 0 Å². The number of piperidine rings is 1. The number of benzene rings is 3. The van der Waals surface area contributed by atoms with Crippen molar-refractivity contribution in [2.45, 2.75) is 49.4 Å². The van der Waals surface area contributed by atoms with Gasteiger partial charge in [-0.2, -0.15) is 0 Å². The predicted octanol–water partition coefficient (Wildman–Crippen LogP) is 5.43. The number of hydrogen-bond donors (Lipinski definition) is 1. The summed E-state index contributed by atoms with van der Waals surface area (Å²) in [5.74, 6) is -0.162. The normalized spacial score (nSPS) is 27.7. The number of aliphatic hydroxyl groups is 1. The van der Waals surface area contributed by atoms with Crippen molar-refractivity contribution in [1.82, 2.24) is 4.90 Å². The minimum Gasteiger partial charge on any atom is -0.385 e. The smallest absolute Gasteiger partial charge is 0.128 e. The quantitative estimate of drug-likeness (QED) is 0.645. The third-order valence-electron chi connectivity index (χ3n) is 6.75. The fourth-order valence-electron chi connectivity index (χ4n) is 5.51. The van der Waals surface area contributed by atoms with Gasteiger partial charge in [-0.1, -0.05) is 78.9 Å². The van der Waals surface area contributed by atoms with E-state index in [4.69, 9.17) is 0 Å². The Morgan fingerprint density at radius 3 is 1.97 bits per heavy atom. The molecule has 29 heavy (non-hydrogen) atoms. The summed E-state index contributed by atoms with van der Waals surface area (Å²) < 4.78 is 14.9. The largest absolute Gasteiger partial charge is 0.385 e. The van der Waals surface area contributed by atoms with Crippen molar-refractivity contribution in [2.24, 2.45) is 0 Å². The molecule has 0 amide bonds. The van der Waals surface area contributed by atoms with Crippen molar-refractivity contribution < 1.29 is 9.50 Å². The van der Waals surface area contributed by atoms with Gasteiger partial charge in [-0.3, -0.25) is 4.90 Å². The molecule has 0 spiro atoms. The average molecular weight is 387 g/mol. The van der Waals surface area contributed by atoms with Crippen LogP contribution in [0.5, 0.6) is 0 Å². The summed E-state index contributed by atoms with van der Waals surface area (Å²) in [6.45, 7) is 0. The van der Waals surface area contributed by atoms with Crippen LogP contribution in [0.4, 0.5) is 4.39 Å². The molecule has 1 N–H and O–H groups in total. The summed E-state index contributed by atoms with van der Waals surface area (Å²) in [5, 5.41) is 11.5. The second-order valence-electron chi connectivity index (χ2n) is 8.47. The zero-order valence-electron chi connectivity index (χ0n) is 16.4. The van der Waals surface area contributed by atoms with Crippen LogP contribution in [0.1, 0.15) is 48.4 Å². The van der Waals surface area contributed by atoms with E-state index in [9.17, 15) is 9.50 Å². The summed E-state index contributed by atoms with van der Waals surface area (Å²) in [6.07, 6.45) is 3.45. The summed E-state index contributed by atoms with van der Waals surface area (Å²) in [4.78, 5) is 2.48. The standard InChI is InChI=1S/C26H26FNO/c27-24-14-8-7-13-23(24)25(19-9-3-1-4-10-19)28-21-15-16-22(28)18-26(29,17-21)20-11-5-2-6-12-20/h1-14,21-22,25,29H,15-18H2. The molecule has 0 aliphatic carbocycles. The molecule has 3 atom stereocenters. The summed E-state index contributed by atoms with van der Waals surface area (Å²) in [5.41, 5.74) is 2.03. The molecule has 2 fully saturated rings. The van der Waals surface area contributed by atoms with Crippen LogP contribution in [0.2, 0.25) is 0 Å². The maximum Gasteiger partial charge on any atom is 0.128 e. The van der Waals surface area contributed by atoms with Crippen LogP contribution < -0.4 is 0 Å². The molecule has 0 aromatic heterocycles. The van der Waals surface area contributed by atoms with Gasteiger partial charge in [-0.25, -0.2) is 4.39 Å². The van der Waals surface area contributed by atoms with Gasteiger partial charge in [0.1, 0.15) is 5.82 Å². The second kappa shape index (κ2) is 7.40. The molecule has 3 heteroatoms. The lowest BCUT2D eigenvalue weighted by Crippen LogP contribution is -2.51. The van der Waals surface area contributed by atoms with Crippen molar-refractivity contribution in [2.75, 3.05) is 0 Å². The Bertz CT molecular complexity index is 960. The Hall–Kier alpha value is -2.49. The molecule has 148 valence electrons. The van der Waals surface area contributed by atoms with Crippen molar-refractivity contribution >= 4 is 0 Å². The molecule has 3 unspecified atom stereocenters. The van der Waals surface area contributed by atoms with E-state index in [1.165, 1.54) is 0 Å². The number of rotatable bonds is 4. The monoisotopic (exact) mass is 387 g/mol. The fourth-order valence-corrected chi connectivity index (χ4v) is 5.51. The first-order valence-electron chi connectivity index (χ1n) is 10.5. The molecule has 2 aliphatic rings. The second-order valence-corrected chi connectivity index (χ2v) is 8.47. The molecular formula is C26H26FNO. The van der Waals surface area contributed by atoms with Gasteiger partial charge in [0.25, 0.3) is 0 Å². The van der Waals surface area contributed by atoms with Crippen LogP contribution in [0.3, 0.4) is 0 Å². The van der Waals surface area contributed by atoms with Crippen LogP contribution in [-0.2, 0) is 5.60 Å².